The summed E-state index contributed by atoms with van der Waals surface area (Å²) in [6.07, 6.45) is 1.12. The van der Waals surface area contributed by atoms with E-state index in [0.717, 1.165) is 4.90 Å². The van der Waals surface area contributed by atoms with Gasteiger partial charge in [0.15, 0.2) is 5.82 Å². The molecule has 0 radical (unpaired) electrons. The minimum Gasteiger partial charge on any atom is -0.493 e. The van der Waals surface area contributed by atoms with Gasteiger partial charge in [-0.25, -0.2) is 0 Å². The van der Waals surface area contributed by atoms with E-state index < -0.39 is 0 Å². The number of aryl methyl sites for hydroxylation is 1. The number of carbonyl (C=O) groups excluding carboxylic acids is 1. The Bertz CT molecular complexity index is 1010. The number of thioether (sulfide) groups is 1. The smallest absolute Gasteiger partial charge is 0.256 e. The Hall–Kier alpha value is -3.31. The third kappa shape index (κ3) is 6.09. The molecule has 148 valence electrons. The lowest BCUT2D eigenvalue weighted by molar-refractivity contribution is 0.102. The molecular weight excluding hydrogens is 388 g/mol. The van der Waals surface area contributed by atoms with Gasteiger partial charge >= 0.3 is 0 Å². The molecule has 29 heavy (non-hydrogen) atoms. The zero-order chi connectivity index (χ0) is 20.5. The van der Waals surface area contributed by atoms with E-state index in [-0.39, 0.29) is 5.91 Å². The largest absolute Gasteiger partial charge is 0.493 e. The highest BCUT2D eigenvalue weighted by Gasteiger charge is 2.13. The molecule has 3 aromatic rings. The molecule has 0 aliphatic heterocycles. The summed E-state index contributed by atoms with van der Waals surface area (Å²) in [5, 5.41) is 15.3. The second-order valence-corrected chi connectivity index (χ2v) is 7.13. The number of ether oxygens (including phenoxy) is 1. The van der Waals surface area contributed by atoms with E-state index in [1.54, 1.807) is 25.1 Å². The van der Waals surface area contributed by atoms with E-state index in [4.69, 9.17) is 14.5 Å². The van der Waals surface area contributed by atoms with Crippen molar-refractivity contribution in [3.63, 3.8) is 0 Å². The van der Waals surface area contributed by atoms with Crippen LogP contribution in [0.4, 0.5) is 5.69 Å². The van der Waals surface area contributed by atoms with Crippen molar-refractivity contribution in [3.05, 3.63) is 65.8 Å². The lowest BCUT2D eigenvalue weighted by Gasteiger charge is -2.11. The number of nitrogens with one attached hydrogen (secondary N) is 1. The van der Waals surface area contributed by atoms with E-state index in [1.807, 2.05) is 30.3 Å². The van der Waals surface area contributed by atoms with Gasteiger partial charge in [-0.2, -0.15) is 10.2 Å². The fourth-order valence-electron chi connectivity index (χ4n) is 2.52. The highest BCUT2D eigenvalue weighted by Crippen LogP contribution is 2.27. The first-order valence-electron chi connectivity index (χ1n) is 9.08. The van der Waals surface area contributed by atoms with Crippen LogP contribution in [0.2, 0.25) is 0 Å². The summed E-state index contributed by atoms with van der Waals surface area (Å²) in [6, 6.07) is 16.7. The zero-order valence-corrected chi connectivity index (χ0v) is 16.7. The van der Waals surface area contributed by atoms with Crippen molar-refractivity contribution < 1.29 is 14.1 Å². The number of hydrogen-bond acceptors (Lipinski definition) is 7. The number of amides is 1. The van der Waals surface area contributed by atoms with E-state index in [1.165, 1.54) is 11.8 Å². The molecule has 1 N–H and O–H groups in total. The lowest BCUT2D eigenvalue weighted by atomic mass is 10.2. The molecule has 0 saturated carbocycles. The van der Waals surface area contributed by atoms with E-state index in [2.05, 4.69) is 21.5 Å². The van der Waals surface area contributed by atoms with Gasteiger partial charge in [-0.3, -0.25) is 4.79 Å². The van der Waals surface area contributed by atoms with Crippen LogP contribution < -0.4 is 10.1 Å². The topological polar surface area (TPSA) is 101 Å². The fraction of sp³-hybridized carbons (Fsp3) is 0.238. The summed E-state index contributed by atoms with van der Waals surface area (Å²) in [4.78, 5) is 17.8. The number of nitriles is 1. The highest BCUT2D eigenvalue weighted by molar-refractivity contribution is 7.98. The molecule has 0 bridgehead atoms. The summed E-state index contributed by atoms with van der Waals surface area (Å²) in [5.74, 6) is 2.02. The quantitative estimate of drug-likeness (QED) is 0.408. The third-order valence-electron chi connectivity index (χ3n) is 3.85. The van der Waals surface area contributed by atoms with Crippen molar-refractivity contribution in [2.24, 2.45) is 0 Å². The van der Waals surface area contributed by atoms with Crippen LogP contribution >= 0.6 is 11.8 Å². The maximum absolute atomic E-state index is 12.8. The Balaban J connectivity index is 1.64. The fourth-order valence-corrected chi connectivity index (χ4v) is 3.41. The van der Waals surface area contributed by atoms with Crippen LogP contribution in [0, 0.1) is 18.3 Å². The average Bonchev–Trinajstić information content (AvgIpc) is 3.15. The number of rotatable bonds is 9. The molecule has 1 heterocycles. The molecule has 0 fully saturated rings. The molecule has 0 spiro atoms. The SMILES string of the molecule is Cc1noc(CSc2ccccc2C(=O)Nc2cccc(OCCCC#N)c2)n1. The van der Waals surface area contributed by atoms with Gasteiger partial charge in [0.25, 0.3) is 5.91 Å². The lowest BCUT2D eigenvalue weighted by Crippen LogP contribution is -2.13. The van der Waals surface area contributed by atoms with Crippen LogP contribution in [-0.2, 0) is 5.75 Å². The second-order valence-electron chi connectivity index (χ2n) is 6.11. The van der Waals surface area contributed by atoms with Crippen LogP contribution in [0.25, 0.3) is 0 Å². The molecule has 2 aromatic carbocycles. The van der Waals surface area contributed by atoms with Crippen molar-refractivity contribution in [1.29, 1.82) is 5.26 Å². The normalized spacial score (nSPS) is 10.3. The standard InChI is InChI=1S/C21H20N4O3S/c1-15-23-20(28-25-15)14-29-19-10-3-2-9-18(19)21(26)24-16-7-6-8-17(13-16)27-12-5-4-11-22/h2-3,6-10,13H,4-5,12,14H2,1H3,(H,24,26). The molecule has 0 atom stereocenters. The number of nitrogens with zero attached hydrogens (tertiary/aromatic N) is 3. The monoisotopic (exact) mass is 408 g/mol. The first kappa shape index (κ1) is 20.4. The predicted octanol–water partition coefficient (Wildman–Crippen LogP) is 4.61. The molecule has 7 nitrogen and oxygen atoms in total. The second kappa shape index (κ2) is 10.3. The molecule has 8 heteroatoms. The Morgan fingerprint density at radius 3 is 2.93 bits per heavy atom. The number of unbranched alkanes of at least 4 members (excludes halogenated alkanes) is 1. The van der Waals surface area contributed by atoms with Gasteiger partial charge in [-0.15, -0.1) is 11.8 Å². The average molecular weight is 408 g/mol. The van der Waals surface area contributed by atoms with Crippen LogP contribution in [0.5, 0.6) is 5.75 Å². The van der Waals surface area contributed by atoms with Crippen LogP contribution in [0.15, 0.2) is 57.9 Å². The minimum absolute atomic E-state index is 0.212. The summed E-state index contributed by atoms with van der Waals surface area (Å²) in [6.45, 7) is 2.22. The van der Waals surface area contributed by atoms with Gasteiger partial charge in [0.05, 0.1) is 24.0 Å². The van der Waals surface area contributed by atoms with Crippen LogP contribution in [0.3, 0.4) is 0 Å². The van der Waals surface area contributed by atoms with Gasteiger partial charge in [0.2, 0.25) is 5.89 Å². The number of benzene rings is 2. The first-order valence-corrected chi connectivity index (χ1v) is 10.1. The Labute approximate surface area is 173 Å². The minimum atomic E-state index is -0.212. The van der Waals surface area contributed by atoms with Crippen molar-refractivity contribution in [2.75, 3.05) is 11.9 Å². The van der Waals surface area contributed by atoms with E-state index >= 15 is 0 Å². The number of hydrogen-bond donors (Lipinski definition) is 1. The van der Waals surface area contributed by atoms with Crippen molar-refractivity contribution in [2.45, 2.75) is 30.4 Å². The Morgan fingerprint density at radius 1 is 1.28 bits per heavy atom. The third-order valence-corrected chi connectivity index (χ3v) is 4.90. The zero-order valence-electron chi connectivity index (χ0n) is 15.9. The summed E-state index contributed by atoms with van der Waals surface area (Å²) in [7, 11) is 0. The molecule has 0 saturated heterocycles. The maximum atomic E-state index is 12.8. The number of carbonyl (C=O) groups is 1. The summed E-state index contributed by atoms with van der Waals surface area (Å²) in [5.41, 5.74) is 1.20. The molecule has 1 amide bonds. The Morgan fingerprint density at radius 2 is 2.14 bits per heavy atom. The molecule has 1 aromatic heterocycles. The first-order chi connectivity index (χ1) is 14.2. The summed E-state index contributed by atoms with van der Waals surface area (Å²) >= 11 is 1.46. The number of aromatic nitrogens is 2. The predicted molar refractivity (Wildman–Crippen MR) is 110 cm³/mol. The molecule has 0 unspecified atom stereocenters. The van der Waals surface area contributed by atoms with Crippen LogP contribution in [0.1, 0.15) is 34.9 Å². The van der Waals surface area contributed by atoms with Gasteiger partial charge in [-0.05, 0) is 37.6 Å². The highest BCUT2D eigenvalue weighted by atomic mass is 32.2. The van der Waals surface area contributed by atoms with Gasteiger partial charge < -0.3 is 14.6 Å². The van der Waals surface area contributed by atoms with Gasteiger partial charge in [0.1, 0.15) is 5.75 Å². The van der Waals surface area contributed by atoms with Crippen molar-refractivity contribution >= 4 is 23.4 Å². The van der Waals surface area contributed by atoms with Gasteiger partial charge in [-0.1, -0.05) is 23.4 Å². The van der Waals surface area contributed by atoms with Crippen LogP contribution in [-0.4, -0.2) is 22.7 Å². The van der Waals surface area contributed by atoms with Crippen molar-refractivity contribution in [1.82, 2.24) is 10.1 Å². The molecular formula is C21H20N4O3S. The Kier molecular flexibility index (Phi) is 7.25. The van der Waals surface area contributed by atoms with Gasteiger partial charge in [0, 0.05) is 23.1 Å². The molecule has 3 rings (SSSR count). The maximum Gasteiger partial charge on any atom is 0.256 e. The van der Waals surface area contributed by atoms with Crippen molar-refractivity contribution in [3.8, 4) is 11.8 Å². The molecule has 0 aliphatic carbocycles. The van der Waals surface area contributed by atoms with E-state index in [0.29, 0.717) is 53.9 Å². The number of anilines is 1. The summed E-state index contributed by atoms with van der Waals surface area (Å²) < 4.78 is 10.7. The molecule has 0 aliphatic rings. The van der Waals surface area contributed by atoms with E-state index in [9.17, 15) is 4.79 Å².